The Morgan fingerprint density at radius 1 is 1.04 bits per heavy atom. The maximum atomic E-state index is 13.1. The molecule has 8 heteroatoms. The molecule has 0 N–H and O–H groups in total. The Kier molecular flexibility index (Phi) is 5.12. The molecule has 8 nitrogen and oxygen atoms in total. The van der Waals surface area contributed by atoms with Crippen LogP contribution in [0.4, 0.5) is 16.3 Å². The van der Waals surface area contributed by atoms with E-state index in [-0.39, 0.29) is 17.1 Å². The van der Waals surface area contributed by atoms with E-state index in [0.717, 1.165) is 4.90 Å². The smallest absolute Gasteiger partial charge is 0.414 e. The molecule has 0 bridgehead atoms. The normalized spacial score (nSPS) is 14.4. The number of anilines is 2. The summed E-state index contributed by atoms with van der Waals surface area (Å²) in [6.07, 6.45) is -0.610. The molecule has 1 aromatic carbocycles. The molecular weight excluding hydrogens is 362 g/mol. The van der Waals surface area contributed by atoms with Crippen molar-refractivity contribution in [2.75, 3.05) is 31.1 Å². The predicted molar refractivity (Wildman–Crippen MR) is 103 cm³/mol. The van der Waals surface area contributed by atoms with Crippen LogP contribution < -0.4 is 9.80 Å². The van der Waals surface area contributed by atoms with Crippen LogP contribution in [0.15, 0.2) is 42.5 Å². The highest BCUT2D eigenvalue weighted by Crippen LogP contribution is 2.41. The fourth-order valence-electron chi connectivity index (χ4n) is 3.02. The van der Waals surface area contributed by atoms with E-state index in [1.54, 1.807) is 18.2 Å². The minimum atomic E-state index is -0.610. The number of hydrogen-bond acceptors (Lipinski definition) is 6. The summed E-state index contributed by atoms with van der Waals surface area (Å²) in [5.74, 6) is -0.417. The largest absolute Gasteiger partial charge is 0.495 e. The number of carbonyl (C=O) groups excluding carboxylic acids is 3. The molecule has 0 radical (unpaired) electrons. The van der Waals surface area contributed by atoms with Crippen LogP contribution in [0.5, 0.6) is 0 Å². The molecule has 0 saturated heterocycles. The first-order chi connectivity index (χ1) is 13.4. The average molecular weight is 381 g/mol. The van der Waals surface area contributed by atoms with Crippen LogP contribution in [0.25, 0.3) is 11.3 Å². The van der Waals surface area contributed by atoms with E-state index in [2.05, 4.69) is 4.98 Å². The zero-order chi connectivity index (χ0) is 20.4. The highest BCUT2D eigenvalue weighted by atomic mass is 16.5. The van der Waals surface area contributed by atoms with Gasteiger partial charge in [-0.1, -0.05) is 30.3 Å². The summed E-state index contributed by atoms with van der Waals surface area (Å²) < 4.78 is 10.2. The number of aromatic nitrogens is 1. The summed E-state index contributed by atoms with van der Waals surface area (Å²) >= 11 is 0. The van der Waals surface area contributed by atoms with Gasteiger partial charge in [0.25, 0.3) is 5.91 Å². The third-order valence-corrected chi connectivity index (χ3v) is 4.33. The van der Waals surface area contributed by atoms with Crippen LogP contribution in [0, 0.1) is 0 Å². The lowest BCUT2D eigenvalue weighted by atomic mass is 10.1. The van der Waals surface area contributed by atoms with Crippen LogP contribution in [0.1, 0.15) is 18.2 Å². The number of rotatable bonds is 3. The number of fused-ring (bicyclic) bond motifs is 1. The van der Waals surface area contributed by atoms with Crippen molar-refractivity contribution in [3.05, 3.63) is 53.7 Å². The molecule has 1 aliphatic heterocycles. The van der Waals surface area contributed by atoms with Gasteiger partial charge in [0.2, 0.25) is 5.91 Å². The van der Waals surface area contributed by atoms with Gasteiger partial charge in [-0.2, -0.15) is 0 Å². The Labute approximate surface area is 162 Å². The van der Waals surface area contributed by atoms with Crippen LogP contribution in [0.3, 0.4) is 0 Å². The number of pyridine rings is 1. The van der Waals surface area contributed by atoms with Crippen LogP contribution in [0.2, 0.25) is 0 Å². The molecule has 0 atom stereocenters. The number of hydrogen-bond donors (Lipinski definition) is 0. The van der Waals surface area contributed by atoms with E-state index in [4.69, 9.17) is 9.47 Å². The maximum Gasteiger partial charge on any atom is 0.414 e. The lowest BCUT2D eigenvalue weighted by Crippen LogP contribution is -2.31. The summed E-state index contributed by atoms with van der Waals surface area (Å²) in [5.41, 5.74) is 1.41. The van der Waals surface area contributed by atoms with Crippen LogP contribution in [-0.2, 0) is 19.1 Å². The molecule has 2 aromatic rings. The van der Waals surface area contributed by atoms with Crippen molar-refractivity contribution < 1.29 is 23.9 Å². The molecule has 1 aromatic heterocycles. The van der Waals surface area contributed by atoms with Gasteiger partial charge in [0.15, 0.2) is 0 Å². The monoisotopic (exact) mass is 381 g/mol. The van der Waals surface area contributed by atoms with Gasteiger partial charge in [-0.25, -0.2) is 14.7 Å². The van der Waals surface area contributed by atoms with Crippen molar-refractivity contribution in [2.45, 2.75) is 6.92 Å². The minimum Gasteiger partial charge on any atom is -0.495 e. The topological polar surface area (TPSA) is 89.0 Å². The van der Waals surface area contributed by atoms with Crippen molar-refractivity contribution in [3.8, 4) is 0 Å². The summed E-state index contributed by atoms with van der Waals surface area (Å²) in [7, 11) is 4.21. The van der Waals surface area contributed by atoms with Gasteiger partial charge >= 0.3 is 6.09 Å². The molecule has 0 fully saturated rings. The minimum absolute atomic E-state index is 0.152. The van der Waals surface area contributed by atoms with Crippen molar-refractivity contribution in [3.63, 3.8) is 0 Å². The molecule has 0 saturated carbocycles. The number of ether oxygens (including phenoxy) is 2. The Balaban J connectivity index is 2.26. The number of imide groups is 1. The van der Waals surface area contributed by atoms with Gasteiger partial charge < -0.3 is 9.47 Å². The van der Waals surface area contributed by atoms with Crippen LogP contribution in [-0.4, -0.2) is 44.2 Å². The fraction of sp³-hybridized carbons (Fsp3) is 0.200. The molecule has 0 unspecified atom stereocenters. The number of nitrogens with zero attached hydrogens (tertiary/aromatic N) is 3. The maximum absolute atomic E-state index is 13.1. The first-order valence-corrected chi connectivity index (χ1v) is 8.42. The highest BCUT2D eigenvalue weighted by molar-refractivity contribution is 6.42. The highest BCUT2D eigenvalue weighted by Gasteiger charge is 2.40. The van der Waals surface area contributed by atoms with Crippen LogP contribution >= 0.6 is 0 Å². The predicted octanol–water partition coefficient (Wildman–Crippen LogP) is 2.69. The Morgan fingerprint density at radius 2 is 1.71 bits per heavy atom. The molecular formula is C20H19N3O5. The van der Waals surface area contributed by atoms with Gasteiger partial charge in [0.1, 0.15) is 22.8 Å². The van der Waals surface area contributed by atoms with Gasteiger partial charge in [-0.15, -0.1) is 0 Å². The van der Waals surface area contributed by atoms with Gasteiger partial charge in [-0.05, 0) is 12.1 Å². The first kappa shape index (κ1) is 19.1. The third-order valence-electron chi connectivity index (χ3n) is 4.33. The Bertz CT molecular complexity index is 985. The molecule has 0 aliphatic carbocycles. The quantitative estimate of drug-likeness (QED) is 0.600. The van der Waals surface area contributed by atoms with E-state index in [1.165, 1.54) is 39.2 Å². The molecule has 3 rings (SSSR count). The second-order valence-electron chi connectivity index (χ2n) is 6.00. The lowest BCUT2D eigenvalue weighted by Gasteiger charge is -2.16. The van der Waals surface area contributed by atoms with Gasteiger partial charge in [0, 0.05) is 19.5 Å². The first-order valence-electron chi connectivity index (χ1n) is 8.42. The summed E-state index contributed by atoms with van der Waals surface area (Å²) in [5, 5.41) is 0. The number of methoxy groups -OCH3 is 2. The standard InChI is InChI=1S/C20H19N3O5/c1-12(24)23-14-10-11-15(22(2)20(26)28-4)21-17(14)16(19(23)25)18(27-3)13-8-6-5-7-9-13/h5-11H,1-4H3/b18-16-. The average Bonchev–Trinajstić information content (AvgIpc) is 3.00. The van der Waals surface area contributed by atoms with E-state index >= 15 is 0 Å². The number of amides is 3. The zero-order valence-corrected chi connectivity index (χ0v) is 15.9. The fourth-order valence-corrected chi connectivity index (χ4v) is 3.02. The molecule has 28 heavy (non-hydrogen) atoms. The number of benzene rings is 1. The van der Waals surface area contributed by atoms with Gasteiger partial charge in [0.05, 0.1) is 19.9 Å². The van der Waals surface area contributed by atoms with Crippen molar-refractivity contribution in [2.24, 2.45) is 0 Å². The van der Waals surface area contributed by atoms with Crippen molar-refractivity contribution in [1.29, 1.82) is 0 Å². The summed E-state index contributed by atoms with van der Waals surface area (Å²) in [4.78, 5) is 43.7. The number of carbonyl (C=O) groups is 3. The van der Waals surface area contributed by atoms with E-state index < -0.39 is 17.9 Å². The molecule has 1 aliphatic rings. The van der Waals surface area contributed by atoms with Crippen molar-refractivity contribution in [1.82, 2.24) is 4.98 Å². The Hall–Kier alpha value is -3.68. The molecule has 144 valence electrons. The summed E-state index contributed by atoms with van der Waals surface area (Å²) in [6.45, 7) is 1.30. The molecule has 3 amide bonds. The Morgan fingerprint density at radius 3 is 2.29 bits per heavy atom. The van der Waals surface area contributed by atoms with Crippen molar-refractivity contribution >= 4 is 40.7 Å². The van der Waals surface area contributed by atoms with Gasteiger partial charge in [-0.3, -0.25) is 14.5 Å². The lowest BCUT2D eigenvalue weighted by molar-refractivity contribution is -0.122. The van der Waals surface area contributed by atoms with E-state index in [9.17, 15) is 14.4 Å². The second-order valence-corrected chi connectivity index (χ2v) is 6.00. The van der Waals surface area contributed by atoms with E-state index in [0.29, 0.717) is 17.0 Å². The zero-order valence-electron chi connectivity index (χ0n) is 15.9. The summed E-state index contributed by atoms with van der Waals surface area (Å²) in [6, 6.07) is 12.2. The third kappa shape index (κ3) is 3.09. The second kappa shape index (κ2) is 7.51. The molecule has 2 heterocycles. The van der Waals surface area contributed by atoms with E-state index in [1.807, 2.05) is 18.2 Å². The SMILES string of the molecule is COC(=O)N(C)c1ccc2c(n1)/C(=C(/OC)c1ccccc1)C(=O)N2C(C)=O. The molecule has 0 spiro atoms.